The Bertz CT molecular complexity index is 417. The Kier molecular flexibility index (Phi) is 6.77. The number of aryl methyl sites for hydroxylation is 1. The molecule has 0 bridgehead atoms. The second kappa shape index (κ2) is 7.93. The van der Waals surface area contributed by atoms with Crippen molar-refractivity contribution in [3.63, 3.8) is 0 Å². The van der Waals surface area contributed by atoms with Crippen LogP contribution in [-0.4, -0.2) is 11.3 Å². The fourth-order valence-corrected chi connectivity index (χ4v) is 10.7. The summed E-state index contributed by atoms with van der Waals surface area (Å²) in [7, 11) is -1.30. The van der Waals surface area contributed by atoms with E-state index in [1.54, 1.807) is 5.30 Å². The molecule has 2 aliphatic carbocycles. The summed E-state index contributed by atoms with van der Waals surface area (Å²) in [5, 5.41) is 1.58. The summed E-state index contributed by atoms with van der Waals surface area (Å²) in [5.74, 6) is 0. The molecular weight excluding hydrogens is 389 g/mol. The first kappa shape index (κ1) is 17.9. The maximum Gasteiger partial charge on any atom is 0.0664 e. The molecule has 0 nitrogen and oxygen atoms in total. The standard InChI is InChI=1S/C18H26ClP.Pd/c1-15-10-12-18(13-11-15)20(14-19,16-6-2-3-7-16)17-8-4-5-9-17;/h10-14,16-17H,2-9H2,1H3;. The topological polar surface area (TPSA) is 0 Å². The van der Waals surface area contributed by atoms with Crippen molar-refractivity contribution in [3.8, 4) is 0 Å². The van der Waals surface area contributed by atoms with Gasteiger partial charge in [-0.3, -0.25) is 0 Å². The molecule has 0 heterocycles. The molecule has 0 unspecified atom stereocenters. The minimum Gasteiger partial charge on any atom is -0.304 e. The van der Waals surface area contributed by atoms with Crippen molar-refractivity contribution in [2.24, 2.45) is 0 Å². The molecule has 0 aromatic heterocycles. The van der Waals surface area contributed by atoms with Crippen molar-refractivity contribution in [1.82, 2.24) is 0 Å². The smallest absolute Gasteiger partial charge is 0.0664 e. The molecular formula is C18H26ClPPd. The molecule has 1 aromatic rings. The van der Waals surface area contributed by atoms with Crippen LogP contribution in [0.2, 0.25) is 0 Å². The Morgan fingerprint density at radius 2 is 1.33 bits per heavy atom. The van der Waals surface area contributed by atoms with Crippen LogP contribution in [0.1, 0.15) is 56.9 Å². The summed E-state index contributed by atoms with van der Waals surface area (Å²) < 4.78 is 0. The van der Waals surface area contributed by atoms with E-state index in [4.69, 9.17) is 11.6 Å². The zero-order valence-electron chi connectivity index (χ0n) is 12.8. The van der Waals surface area contributed by atoms with Crippen LogP contribution in [0.15, 0.2) is 24.3 Å². The van der Waals surface area contributed by atoms with Crippen molar-refractivity contribution in [2.45, 2.75) is 69.6 Å². The van der Waals surface area contributed by atoms with E-state index in [1.807, 2.05) is 0 Å². The molecule has 21 heavy (non-hydrogen) atoms. The van der Waals surface area contributed by atoms with Crippen LogP contribution in [0.4, 0.5) is 0 Å². The second-order valence-electron chi connectivity index (χ2n) is 6.64. The minimum absolute atomic E-state index is 0. The molecule has 120 valence electrons. The van der Waals surface area contributed by atoms with E-state index >= 15 is 0 Å². The summed E-state index contributed by atoms with van der Waals surface area (Å²) in [6.45, 7) is 2.18. The van der Waals surface area contributed by atoms with E-state index in [2.05, 4.69) is 36.8 Å². The third-order valence-electron chi connectivity index (χ3n) is 5.50. The van der Waals surface area contributed by atoms with Crippen LogP contribution in [0.3, 0.4) is 0 Å². The van der Waals surface area contributed by atoms with Gasteiger partial charge in [0.15, 0.2) is 0 Å². The van der Waals surface area contributed by atoms with Gasteiger partial charge in [-0.25, -0.2) is 0 Å². The third-order valence-corrected chi connectivity index (χ3v) is 11.4. The van der Waals surface area contributed by atoms with Crippen molar-refractivity contribution in [2.75, 3.05) is 0 Å². The molecule has 0 atom stereocenters. The number of halogens is 1. The molecule has 0 saturated heterocycles. The number of rotatable bonds is 4. The van der Waals surface area contributed by atoms with Gasteiger partial charge in [0, 0.05) is 31.7 Å². The Labute approximate surface area is 149 Å². The summed E-state index contributed by atoms with van der Waals surface area (Å²) in [6.07, 6.45) is 11.3. The van der Waals surface area contributed by atoms with Gasteiger partial charge in [0.05, 0.1) is 5.30 Å². The molecule has 3 rings (SSSR count). The predicted molar refractivity (Wildman–Crippen MR) is 92.4 cm³/mol. The molecule has 0 spiro atoms. The van der Waals surface area contributed by atoms with Gasteiger partial charge in [-0.1, -0.05) is 30.6 Å². The van der Waals surface area contributed by atoms with Gasteiger partial charge in [0.2, 0.25) is 0 Å². The van der Waals surface area contributed by atoms with Crippen LogP contribution < -0.4 is 5.30 Å². The Hall–Kier alpha value is 0.602. The normalized spacial score (nSPS) is 20.7. The van der Waals surface area contributed by atoms with Crippen LogP contribution >= 0.6 is 18.9 Å². The van der Waals surface area contributed by atoms with E-state index in [1.165, 1.54) is 56.9 Å². The van der Waals surface area contributed by atoms with E-state index in [-0.39, 0.29) is 20.4 Å². The SMILES string of the molecule is Cc1ccc([P+]([CH-]Cl)(C2CCCC2)C2CCCC2)cc1.[Pd]. The Morgan fingerprint density at radius 1 is 0.905 bits per heavy atom. The molecule has 2 fully saturated rings. The minimum atomic E-state index is -1.30. The maximum absolute atomic E-state index is 6.58. The van der Waals surface area contributed by atoms with Gasteiger partial charge in [-0.15, -0.1) is 0 Å². The third kappa shape index (κ3) is 3.43. The quantitative estimate of drug-likeness (QED) is 0.327. The van der Waals surface area contributed by atoms with Gasteiger partial charge in [-0.2, -0.15) is 0 Å². The zero-order valence-corrected chi connectivity index (χ0v) is 16.0. The predicted octanol–water partition coefficient (Wildman–Crippen LogP) is 5.88. The summed E-state index contributed by atoms with van der Waals surface area (Å²) in [5.41, 5.74) is 5.26. The fraction of sp³-hybridized carbons (Fsp3) is 0.611. The molecule has 1 aromatic carbocycles. The van der Waals surface area contributed by atoms with Crippen LogP contribution in [0, 0.1) is 12.5 Å². The largest absolute Gasteiger partial charge is 0.304 e. The molecule has 2 saturated carbocycles. The van der Waals surface area contributed by atoms with Crippen molar-refractivity contribution < 1.29 is 20.4 Å². The van der Waals surface area contributed by atoms with Gasteiger partial charge in [0.1, 0.15) is 0 Å². The first-order chi connectivity index (χ1) is 9.77. The maximum atomic E-state index is 6.58. The van der Waals surface area contributed by atoms with Gasteiger partial charge in [0.25, 0.3) is 0 Å². The Balaban J connectivity index is 0.00000161. The van der Waals surface area contributed by atoms with E-state index < -0.39 is 7.26 Å². The molecule has 0 amide bonds. The van der Waals surface area contributed by atoms with E-state index in [0.717, 1.165) is 11.3 Å². The molecule has 0 aliphatic heterocycles. The van der Waals surface area contributed by atoms with Crippen molar-refractivity contribution >= 4 is 24.2 Å². The monoisotopic (exact) mass is 414 g/mol. The van der Waals surface area contributed by atoms with Crippen LogP contribution in [-0.2, 0) is 20.4 Å². The summed E-state index contributed by atoms with van der Waals surface area (Å²) >= 11 is 6.58. The van der Waals surface area contributed by atoms with E-state index in [0.29, 0.717) is 0 Å². The average Bonchev–Trinajstić information content (AvgIpc) is 3.15. The fourth-order valence-electron chi connectivity index (χ4n) is 4.40. The van der Waals surface area contributed by atoms with Gasteiger partial charge < -0.3 is 11.6 Å². The molecule has 2 aliphatic rings. The zero-order chi connectivity index (χ0) is 14.0. The Morgan fingerprint density at radius 3 is 1.71 bits per heavy atom. The number of hydrogen-bond acceptors (Lipinski definition) is 0. The summed E-state index contributed by atoms with van der Waals surface area (Å²) in [4.78, 5) is 0. The van der Waals surface area contributed by atoms with Gasteiger partial charge >= 0.3 is 0 Å². The second-order valence-corrected chi connectivity index (χ2v) is 11.1. The van der Waals surface area contributed by atoms with Crippen LogP contribution in [0.5, 0.6) is 0 Å². The molecule has 3 heteroatoms. The van der Waals surface area contributed by atoms with Gasteiger partial charge in [-0.05, 0) is 70.4 Å². The average molecular weight is 415 g/mol. The molecule has 0 N–H and O–H groups in total. The van der Waals surface area contributed by atoms with Crippen LogP contribution in [0.25, 0.3) is 0 Å². The first-order valence-corrected chi connectivity index (χ1v) is 10.6. The van der Waals surface area contributed by atoms with Crippen molar-refractivity contribution in [1.29, 1.82) is 0 Å². The first-order valence-electron chi connectivity index (χ1n) is 8.17. The molecule has 0 radical (unpaired) electrons. The van der Waals surface area contributed by atoms with E-state index in [9.17, 15) is 0 Å². The van der Waals surface area contributed by atoms with Crippen molar-refractivity contribution in [3.05, 3.63) is 35.5 Å². The number of hydrogen-bond donors (Lipinski definition) is 0. The summed E-state index contributed by atoms with van der Waals surface area (Å²) in [6, 6.07) is 9.35. The number of benzene rings is 1.